The van der Waals surface area contributed by atoms with Gasteiger partial charge in [-0.3, -0.25) is 28.8 Å². The molecule has 0 rings (SSSR count). The molecule has 0 aromatic carbocycles. The van der Waals surface area contributed by atoms with E-state index in [1.165, 1.54) is 0 Å². The molecule has 0 saturated carbocycles. The van der Waals surface area contributed by atoms with E-state index in [1.807, 2.05) is 0 Å². The van der Waals surface area contributed by atoms with Crippen LogP contribution >= 0.6 is 0 Å². The fourth-order valence-corrected chi connectivity index (χ4v) is 2.21. The number of nitrogens with two attached hydrogens (primary N) is 3. The molecule has 15 nitrogen and oxygen atoms in total. The van der Waals surface area contributed by atoms with Gasteiger partial charge in [0.1, 0.15) is 12.1 Å². The zero-order chi connectivity index (χ0) is 24.1. The summed E-state index contributed by atoms with van der Waals surface area (Å²) in [6.45, 7) is -0.646. The molecule has 0 radical (unpaired) electrons. The number of hydrogen-bond acceptors (Lipinski definition) is 8. The Hall–Kier alpha value is -3.75. The number of carbonyl (C=O) groups excluding carboxylic acids is 5. The SMILES string of the molecule is NC(=O)CCC(NC(=O)CNC(=O)C(N)CC(N)=O)C(=O)NC(CCC(=O)O)C(=O)O. The van der Waals surface area contributed by atoms with Crippen LogP contribution in [0.15, 0.2) is 0 Å². The highest BCUT2D eigenvalue weighted by atomic mass is 16.4. The number of carboxylic acid groups (broad SMARTS) is 2. The Kier molecular flexibility index (Phi) is 11.8. The zero-order valence-corrected chi connectivity index (χ0v) is 16.5. The van der Waals surface area contributed by atoms with Crippen LogP contribution in [0.5, 0.6) is 0 Å². The smallest absolute Gasteiger partial charge is 0.326 e. The van der Waals surface area contributed by atoms with Crippen LogP contribution in [0.3, 0.4) is 0 Å². The summed E-state index contributed by atoms with van der Waals surface area (Å²) >= 11 is 0. The summed E-state index contributed by atoms with van der Waals surface area (Å²) in [7, 11) is 0. The van der Waals surface area contributed by atoms with E-state index < -0.39 is 85.4 Å². The highest BCUT2D eigenvalue weighted by molar-refractivity contribution is 5.93. The number of carboxylic acids is 2. The van der Waals surface area contributed by atoms with E-state index in [0.29, 0.717) is 0 Å². The first-order valence-electron chi connectivity index (χ1n) is 8.97. The van der Waals surface area contributed by atoms with Crippen LogP contribution in [0.2, 0.25) is 0 Å². The molecule has 3 atom stereocenters. The van der Waals surface area contributed by atoms with Crippen LogP contribution in [0, 0.1) is 0 Å². The van der Waals surface area contributed by atoms with Gasteiger partial charge in [0.05, 0.1) is 19.0 Å². The second-order valence-corrected chi connectivity index (χ2v) is 6.45. The summed E-state index contributed by atoms with van der Waals surface area (Å²) in [5.41, 5.74) is 15.3. The standard InChI is InChI=1S/C16H26N6O9/c17-7(5-11(19)24)14(28)20-6-12(25)21-8(1-3-10(18)23)15(29)22-9(16(30)31)2-4-13(26)27/h7-9H,1-6,17H2,(H2,18,23)(H2,19,24)(H,20,28)(H,21,25)(H,22,29)(H,26,27)(H,30,31). The molecular weight excluding hydrogens is 420 g/mol. The third-order valence-corrected chi connectivity index (χ3v) is 3.77. The van der Waals surface area contributed by atoms with Gasteiger partial charge in [-0.05, 0) is 12.8 Å². The fourth-order valence-electron chi connectivity index (χ4n) is 2.21. The van der Waals surface area contributed by atoms with Crippen LogP contribution in [-0.4, -0.2) is 76.4 Å². The Balaban J connectivity index is 5.01. The van der Waals surface area contributed by atoms with Gasteiger partial charge in [-0.25, -0.2) is 4.79 Å². The summed E-state index contributed by atoms with van der Waals surface area (Å²) in [5.74, 6) is -7.13. The van der Waals surface area contributed by atoms with Crippen molar-refractivity contribution >= 4 is 41.5 Å². The summed E-state index contributed by atoms with van der Waals surface area (Å²) in [4.78, 5) is 79.7. The second-order valence-electron chi connectivity index (χ2n) is 6.45. The van der Waals surface area contributed by atoms with Gasteiger partial charge in [0.2, 0.25) is 29.5 Å². The minimum Gasteiger partial charge on any atom is -0.481 e. The molecule has 0 bridgehead atoms. The molecule has 5 amide bonds. The van der Waals surface area contributed by atoms with Crippen molar-refractivity contribution in [3.63, 3.8) is 0 Å². The maximum Gasteiger partial charge on any atom is 0.326 e. The summed E-state index contributed by atoms with van der Waals surface area (Å²) in [6, 6.07) is -4.24. The lowest BCUT2D eigenvalue weighted by atomic mass is 10.1. The highest BCUT2D eigenvalue weighted by Crippen LogP contribution is 2.03. The lowest BCUT2D eigenvalue weighted by Gasteiger charge is -2.21. The van der Waals surface area contributed by atoms with Gasteiger partial charge in [0.25, 0.3) is 0 Å². The van der Waals surface area contributed by atoms with Crippen LogP contribution in [0.1, 0.15) is 32.1 Å². The fraction of sp³-hybridized carbons (Fsp3) is 0.562. The number of rotatable bonds is 15. The van der Waals surface area contributed by atoms with Gasteiger partial charge in [-0.2, -0.15) is 0 Å². The first-order chi connectivity index (χ1) is 14.3. The average Bonchev–Trinajstić information content (AvgIpc) is 2.64. The summed E-state index contributed by atoms with van der Waals surface area (Å²) in [5, 5.41) is 24.2. The molecule has 0 spiro atoms. The van der Waals surface area contributed by atoms with Gasteiger partial charge in [-0.15, -0.1) is 0 Å². The number of carbonyl (C=O) groups is 7. The van der Waals surface area contributed by atoms with E-state index in [0.717, 1.165) is 0 Å². The topological polar surface area (TPSA) is 274 Å². The first kappa shape index (κ1) is 27.2. The lowest BCUT2D eigenvalue weighted by molar-refractivity contribution is -0.143. The van der Waals surface area contributed by atoms with Crippen molar-refractivity contribution in [2.75, 3.05) is 6.54 Å². The Morgan fingerprint density at radius 3 is 1.84 bits per heavy atom. The van der Waals surface area contributed by atoms with Crippen molar-refractivity contribution < 1.29 is 43.8 Å². The Morgan fingerprint density at radius 2 is 1.35 bits per heavy atom. The van der Waals surface area contributed by atoms with Crippen molar-refractivity contribution in [3.05, 3.63) is 0 Å². The largest absolute Gasteiger partial charge is 0.481 e. The Bertz CT molecular complexity index is 726. The minimum absolute atomic E-state index is 0.284. The van der Waals surface area contributed by atoms with Gasteiger partial charge in [0.15, 0.2) is 0 Å². The molecule has 0 heterocycles. The molecular formula is C16H26N6O9. The molecule has 0 aliphatic heterocycles. The molecule has 0 saturated heterocycles. The third-order valence-electron chi connectivity index (χ3n) is 3.77. The van der Waals surface area contributed by atoms with E-state index in [1.54, 1.807) is 0 Å². The predicted octanol–water partition coefficient (Wildman–Crippen LogP) is -4.51. The highest BCUT2D eigenvalue weighted by Gasteiger charge is 2.27. The van der Waals surface area contributed by atoms with Crippen molar-refractivity contribution in [2.45, 2.75) is 50.2 Å². The first-order valence-corrected chi connectivity index (χ1v) is 8.97. The Labute approximate surface area is 176 Å². The molecule has 174 valence electrons. The second kappa shape index (κ2) is 13.5. The molecule has 15 heteroatoms. The number of amides is 5. The molecule has 0 aromatic heterocycles. The average molecular weight is 446 g/mol. The van der Waals surface area contributed by atoms with E-state index in [9.17, 15) is 33.6 Å². The molecule has 0 aliphatic carbocycles. The molecule has 0 aliphatic rings. The van der Waals surface area contributed by atoms with Crippen molar-refractivity contribution in [1.29, 1.82) is 0 Å². The Morgan fingerprint density at radius 1 is 0.774 bits per heavy atom. The van der Waals surface area contributed by atoms with Crippen LogP contribution in [-0.2, 0) is 33.6 Å². The van der Waals surface area contributed by atoms with Gasteiger partial charge in [-0.1, -0.05) is 0 Å². The molecule has 3 unspecified atom stereocenters. The van der Waals surface area contributed by atoms with Gasteiger partial charge < -0.3 is 43.4 Å². The third kappa shape index (κ3) is 12.4. The lowest BCUT2D eigenvalue weighted by Crippen LogP contribution is -2.54. The monoisotopic (exact) mass is 446 g/mol. The number of aliphatic carboxylic acids is 2. The molecule has 0 fully saturated rings. The summed E-state index contributed by atoms with van der Waals surface area (Å²) < 4.78 is 0. The van der Waals surface area contributed by atoms with Crippen LogP contribution in [0.25, 0.3) is 0 Å². The van der Waals surface area contributed by atoms with Crippen molar-refractivity contribution in [1.82, 2.24) is 16.0 Å². The normalized spacial score (nSPS) is 13.2. The quantitative estimate of drug-likeness (QED) is 0.119. The zero-order valence-electron chi connectivity index (χ0n) is 16.5. The van der Waals surface area contributed by atoms with E-state index in [-0.39, 0.29) is 12.8 Å². The van der Waals surface area contributed by atoms with Gasteiger partial charge in [0, 0.05) is 12.8 Å². The van der Waals surface area contributed by atoms with E-state index in [2.05, 4.69) is 16.0 Å². The molecule has 11 N–H and O–H groups in total. The van der Waals surface area contributed by atoms with E-state index >= 15 is 0 Å². The minimum atomic E-state index is -1.55. The predicted molar refractivity (Wildman–Crippen MR) is 102 cm³/mol. The molecule has 0 aromatic rings. The van der Waals surface area contributed by atoms with Crippen molar-refractivity contribution in [3.8, 4) is 0 Å². The maximum absolute atomic E-state index is 12.4. The number of hydrogen-bond donors (Lipinski definition) is 8. The molecule has 31 heavy (non-hydrogen) atoms. The van der Waals surface area contributed by atoms with Gasteiger partial charge >= 0.3 is 11.9 Å². The number of primary amides is 2. The van der Waals surface area contributed by atoms with Crippen LogP contribution in [0.4, 0.5) is 0 Å². The number of nitrogens with one attached hydrogen (secondary N) is 3. The van der Waals surface area contributed by atoms with Crippen LogP contribution < -0.4 is 33.2 Å². The summed E-state index contributed by atoms with van der Waals surface area (Å²) in [6.07, 6.45) is -2.02. The van der Waals surface area contributed by atoms with E-state index in [4.69, 9.17) is 27.4 Å². The van der Waals surface area contributed by atoms with Crippen molar-refractivity contribution in [2.24, 2.45) is 17.2 Å². The maximum atomic E-state index is 12.4.